The monoisotopic (exact) mass is 358 g/mol. The molecule has 1 aromatic carbocycles. The molecule has 110 valence electrons. The van der Waals surface area contributed by atoms with Crippen molar-refractivity contribution in [1.29, 1.82) is 0 Å². The lowest BCUT2D eigenvalue weighted by atomic mass is 10.1. The number of pyridine rings is 1. The molecule has 3 nitrogen and oxygen atoms in total. The molecule has 2 aromatic rings. The summed E-state index contributed by atoms with van der Waals surface area (Å²) in [7, 11) is 0. The molecule has 1 aromatic heterocycles. The number of hydrogen-bond donors (Lipinski definition) is 1. The summed E-state index contributed by atoms with van der Waals surface area (Å²) < 4.78 is 38.6. The van der Waals surface area contributed by atoms with E-state index in [1.807, 2.05) is 0 Å². The van der Waals surface area contributed by atoms with E-state index in [1.54, 1.807) is 13.0 Å². The van der Waals surface area contributed by atoms with Crippen LogP contribution in [0.3, 0.4) is 0 Å². The number of nitrogens with zero attached hydrogens (tertiary/aromatic N) is 1. The second-order valence-corrected chi connectivity index (χ2v) is 5.27. The van der Waals surface area contributed by atoms with E-state index < -0.39 is 17.6 Å². The minimum atomic E-state index is -4.48. The molecule has 0 aliphatic heterocycles. The van der Waals surface area contributed by atoms with Crippen molar-refractivity contribution in [2.24, 2.45) is 0 Å². The molecular weight excluding hydrogens is 349 g/mol. The summed E-state index contributed by atoms with van der Waals surface area (Å²) in [6.07, 6.45) is -2.99. The molecule has 0 unspecified atom stereocenters. The number of halogens is 4. The molecule has 7 heteroatoms. The van der Waals surface area contributed by atoms with Crippen LogP contribution in [0.4, 0.5) is 19.0 Å². The van der Waals surface area contributed by atoms with Crippen molar-refractivity contribution in [2.45, 2.75) is 13.1 Å². The SMILES string of the molecule is Cc1cc(Br)cnc1NC(=O)c1cccc(C(F)(F)F)c1. The zero-order valence-electron chi connectivity index (χ0n) is 10.8. The van der Waals surface area contributed by atoms with Crippen molar-refractivity contribution < 1.29 is 18.0 Å². The van der Waals surface area contributed by atoms with Crippen molar-refractivity contribution in [3.63, 3.8) is 0 Å². The summed E-state index contributed by atoms with van der Waals surface area (Å²) in [4.78, 5) is 16.0. The Bertz CT molecular complexity index is 686. The highest BCUT2D eigenvalue weighted by molar-refractivity contribution is 9.10. The van der Waals surface area contributed by atoms with Crippen LogP contribution in [0.1, 0.15) is 21.5 Å². The van der Waals surface area contributed by atoms with Crippen molar-refractivity contribution in [2.75, 3.05) is 5.32 Å². The third-order valence-corrected chi connectivity index (χ3v) is 3.16. The molecule has 0 fully saturated rings. The van der Waals surface area contributed by atoms with Gasteiger partial charge in [-0.2, -0.15) is 13.2 Å². The van der Waals surface area contributed by atoms with E-state index in [4.69, 9.17) is 0 Å². The topological polar surface area (TPSA) is 42.0 Å². The van der Waals surface area contributed by atoms with Crippen LogP contribution in [0.2, 0.25) is 0 Å². The van der Waals surface area contributed by atoms with Gasteiger partial charge in [0.2, 0.25) is 0 Å². The van der Waals surface area contributed by atoms with E-state index >= 15 is 0 Å². The lowest BCUT2D eigenvalue weighted by Gasteiger charge is -2.10. The number of carbonyl (C=O) groups excluding carboxylic acids is 1. The Hall–Kier alpha value is -1.89. The van der Waals surface area contributed by atoms with Crippen LogP contribution in [-0.2, 0) is 6.18 Å². The van der Waals surface area contributed by atoms with Crippen LogP contribution >= 0.6 is 15.9 Å². The van der Waals surface area contributed by atoms with Crippen LogP contribution in [0, 0.1) is 6.92 Å². The largest absolute Gasteiger partial charge is 0.416 e. The number of amides is 1. The molecule has 1 amide bonds. The first kappa shape index (κ1) is 15.5. The van der Waals surface area contributed by atoms with Gasteiger partial charge in [-0.05, 0) is 52.7 Å². The number of hydrogen-bond acceptors (Lipinski definition) is 2. The van der Waals surface area contributed by atoms with Crippen molar-refractivity contribution in [1.82, 2.24) is 4.98 Å². The van der Waals surface area contributed by atoms with Crippen LogP contribution in [0.25, 0.3) is 0 Å². The molecule has 1 N–H and O–H groups in total. The van der Waals surface area contributed by atoms with Crippen LogP contribution in [0.15, 0.2) is 41.0 Å². The normalized spacial score (nSPS) is 11.3. The molecule has 21 heavy (non-hydrogen) atoms. The first-order valence-corrected chi connectivity index (χ1v) is 6.67. The van der Waals surface area contributed by atoms with E-state index in [1.165, 1.54) is 18.3 Å². The Morgan fingerprint density at radius 3 is 2.62 bits per heavy atom. The zero-order valence-corrected chi connectivity index (χ0v) is 12.4. The molecule has 0 spiro atoms. The number of carbonyl (C=O) groups is 1. The highest BCUT2D eigenvalue weighted by Gasteiger charge is 2.30. The maximum Gasteiger partial charge on any atom is 0.416 e. The van der Waals surface area contributed by atoms with Gasteiger partial charge >= 0.3 is 6.18 Å². The fourth-order valence-electron chi connectivity index (χ4n) is 1.69. The van der Waals surface area contributed by atoms with Crippen LogP contribution < -0.4 is 5.32 Å². The van der Waals surface area contributed by atoms with Gasteiger partial charge in [0.15, 0.2) is 0 Å². The predicted octanol–water partition coefficient (Wildman–Crippen LogP) is 4.42. The van der Waals surface area contributed by atoms with Crippen molar-refractivity contribution >= 4 is 27.7 Å². The smallest absolute Gasteiger partial charge is 0.306 e. The Labute approximate surface area is 127 Å². The van der Waals surface area contributed by atoms with E-state index in [0.717, 1.165) is 16.6 Å². The summed E-state index contributed by atoms with van der Waals surface area (Å²) in [5.74, 6) is -0.334. The maximum absolute atomic E-state index is 12.6. The predicted molar refractivity (Wildman–Crippen MR) is 76.1 cm³/mol. The summed E-state index contributed by atoms with van der Waals surface area (Å²) in [6.45, 7) is 1.74. The number of nitrogens with one attached hydrogen (secondary N) is 1. The molecule has 0 radical (unpaired) electrons. The molecule has 0 aliphatic rings. The fourth-order valence-corrected chi connectivity index (χ4v) is 2.13. The lowest BCUT2D eigenvalue weighted by molar-refractivity contribution is -0.137. The second-order valence-electron chi connectivity index (χ2n) is 4.35. The van der Waals surface area contributed by atoms with Gasteiger partial charge in [-0.25, -0.2) is 4.98 Å². The third kappa shape index (κ3) is 3.81. The molecule has 2 rings (SSSR count). The number of benzene rings is 1. The minimum absolute atomic E-state index is 0.0751. The van der Waals surface area contributed by atoms with E-state index in [9.17, 15) is 18.0 Å². The van der Waals surface area contributed by atoms with Gasteiger partial charge in [0.25, 0.3) is 5.91 Å². The van der Waals surface area contributed by atoms with Crippen molar-refractivity contribution in [3.8, 4) is 0 Å². The summed E-state index contributed by atoms with van der Waals surface area (Å²) >= 11 is 3.24. The zero-order chi connectivity index (χ0) is 15.6. The first-order chi connectivity index (χ1) is 9.77. The molecule has 0 saturated carbocycles. The standard InChI is InChI=1S/C14H10BrF3N2O/c1-8-5-11(15)7-19-12(8)20-13(21)9-3-2-4-10(6-9)14(16,17)18/h2-7H,1H3,(H,19,20,21). The van der Waals surface area contributed by atoms with Gasteiger partial charge in [0.05, 0.1) is 5.56 Å². The van der Waals surface area contributed by atoms with Gasteiger partial charge in [0, 0.05) is 16.2 Å². The molecular formula is C14H10BrF3N2O. The van der Waals surface area contributed by atoms with Gasteiger partial charge in [-0.3, -0.25) is 4.79 Å². The maximum atomic E-state index is 12.6. The van der Waals surface area contributed by atoms with Crippen LogP contribution in [0.5, 0.6) is 0 Å². The number of anilines is 1. The Morgan fingerprint density at radius 2 is 2.00 bits per heavy atom. The van der Waals surface area contributed by atoms with Crippen molar-refractivity contribution in [3.05, 3.63) is 57.7 Å². The summed E-state index contributed by atoms with van der Waals surface area (Å²) in [5, 5.41) is 2.49. The van der Waals surface area contributed by atoms with E-state index in [-0.39, 0.29) is 5.56 Å². The summed E-state index contributed by atoms with van der Waals surface area (Å²) in [6, 6.07) is 5.98. The Balaban J connectivity index is 2.25. The molecule has 1 heterocycles. The minimum Gasteiger partial charge on any atom is -0.306 e. The molecule has 0 saturated heterocycles. The van der Waals surface area contributed by atoms with Gasteiger partial charge in [-0.15, -0.1) is 0 Å². The van der Waals surface area contributed by atoms with Crippen LogP contribution in [-0.4, -0.2) is 10.9 Å². The summed E-state index contributed by atoms with van der Waals surface area (Å²) in [5.41, 5.74) is -0.241. The molecule has 0 atom stereocenters. The third-order valence-electron chi connectivity index (χ3n) is 2.73. The van der Waals surface area contributed by atoms with E-state index in [2.05, 4.69) is 26.2 Å². The number of aromatic nitrogens is 1. The number of rotatable bonds is 2. The Morgan fingerprint density at radius 1 is 1.29 bits per heavy atom. The average molecular weight is 359 g/mol. The van der Waals surface area contributed by atoms with Gasteiger partial charge < -0.3 is 5.32 Å². The quantitative estimate of drug-likeness (QED) is 0.862. The number of alkyl halides is 3. The molecule has 0 bridgehead atoms. The lowest BCUT2D eigenvalue weighted by Crippen LogP contribution is -2.15. The fraction of sp³-hybridized carbons (Fsp3) is 0.143. The average Bonchev–Trinajstić information content (AvgIpc) is 2.41. The van der Waals surface area contributed by atoms with Gasteiger partial charge in [-0.1, -0.05) is 6.07 Å². The van der Waals surface area contributed by atoms with Gasteiger partial charge in [0.1, 0.15) is 5.82 Å². The second kappa shape index (κ2) is 5.85. The molecule has 0 aliphatic carbocycles. The highest BCUT2D eigenvalue weighted by Crippen LogP contribution is 2.29. The number of aryl methyl sites for hydroxylation is 1. The Kier molecular flexibility index (Phi) is 4.32. The highest BCUT2D eigenvalue weighted by atomic mass is 79.9. The van der Waals surface area contributed by atoms with E-state index in [0.29, 0.717) is 11.4 Å². The first-order valence-electron chi connectivity index (χ1n) is 5.88.